The second-order valence-electron chi connectivity index (χ2n) is 4.10. The topological polar surface area (TPSA) is 43.1 Å². The maximum absolute atomic E-state index is 10.8. The van der Waals surface area contributed by atoms with Gasteiger partial charge in [-0.05, 0) is 29.2 Å². The minimum absolute atomic E-state index is 0.426. The van der Waals surface area contributed by atoms with Crippen molar-refractivity contribution in [1.82, 2.24) is 0 Å². The standard InChI is InChI=1S/C16H15NO/c17-16(18)11-10-14-8-4-5-9-15(14)12-13-6-2-1-3-7-13/h1-11H,12H2,(H2,17,18)/b11-10+. The molecule has 0 aliphatic carbocycles. The average Bonchev–Trinajstić information content (AvgIpc) is 2.39. The lowest BCUT2D eigenvalue weighted by Crippen LogP contribution is -2.05. The molecule has 2 heteroatoms. The highest BCUT2D eigenvalue weighted by atomic mass is 16.1. The molecule has 0 heterocycles. The Bertz CT molecular complexity index is 558. The third-order valence-corrected chi connectivity index (χ3v) is 2.72. The number of hydrogen-bond donors (Lipinski definition) is 1. The van der Waals surface area contributed by atoms with E-state index in [0.29, 0.717) is 0 Å². The van der Waals surface area contributed by atoms with Crippen molar-refractivity contribution in [1.29, 1.82) is 0 Å². The van der Waals surface area contributed by atoms with Crippen molar-refractivity contribution in [3.05, 3.63) is 77.4 Å². The number of amides is 1. The summed E-state index contributed by atoms with van der Waals surface area (Å²) in [7, 11) is 0. The number of carbonyl (C=O) groups is 1. The first kappa shape index (κ1) is 12.1. The van der Waals surface area contributed by atoms with Gasteiger partial charge in [0.05, 0.1) is 0 Å². The van der Waals surface area contributed by atoms with E-state index >= 15 is 0 Å². The molecule has 2 nitrogen and oxygen atoms in total. The molecule has 0 saturated carbocycles. The monoisotopic (exact) mass is 237 g/mol. The summed E-state index contributed by atoms with van der Waals surface area (Å²) in [4.78, 5) is 10.8. The molecular weight excluding hydrogens is 222 g/mol. The Morgan fingerprint density at radius 2 is 1.67 bits per heavy atom. The van der Waals surface area contributed by atoms with Crippen molar-refractivity contribution in [2.24, 2.45) is 5.73 Å². The predicted molar refractivity (Wildman–Crippen MR) is 73.9 cm³/mol. The Hall–Kier alpha value is -2.35. The average molecular weight is 237 g/mol. The molecule has 2 aromatic carbocycles. The van der Waals surface area contributed by atoms with E-state index in [0.717, 1.165) is 12.0 Å². The SMILES string of the molecule is NC(=O)/C=C/c1ccccc1Cc1ccccc1. The van der Waals surface area contributed by atoms with Crippen molar-refractivity contribution >= 4 is 12.0 Å². The number of benzene rings is 2. The summed E-state index contributed by atoms with van der Waals surface area (Å²) in [5, 5.41) is 0. The fourth-order valence-electron chi connectivity index (χ4n) is 1.85. The summed E-state index contributed by atoms with van der Waals surface area (Å²) in [6, 6.07) is 18.2. The van der Waals surface area contributed by atoms with Crippen LogP contribution in [0.25, 0.3) is 6.08 Å². The van der Waals surface area contributed by atoms with Crippen LogP contribution in [0, 0.1) is 0 Å². The molecule has 0 aliphatic heterocycles. The van der Waals surface area contributed by atoms with Gasteiger partial charge in [-0.3, -0.25) is 4.79 Å². The van der Waals surface area contributed by atoms with E-state index in [1.54, 1.807) is 6.08 Å². The van der Waals surface area contributed by atoms with Gasteiger partial charge in [0.1, 0.15) is 0 Å². The summed E-state index contributed by atoms with van der Waals surface area (Å²) in [6.07, 6.45) is 4.00. The Morgan fingerprint density at radius 3 is 2.39 bits per heavy atom. The Labute approximate surface area is 107 Å². The van der Waals surface area contributed by atoms with E-state index in [4.69, 9.17) is 5.73 Å². The van der Waals surface area contributed by atoms with E-state index in [1.165, 1.54) is 17.2 Å². The van der Waals surface area contributed by atoms with Crippen LogP contribution in [0.15, 0.2) is 60.7 Å². The van der Waals surface area contributed by atoms with Gasteiger partial charge in [-0.2, -0.15) is 0 Å². The highest BCUT2D eigenvalue weighted by molar-refractivity contribution is 5.90. The van der Waals surface area contributed by atoms with E-state index < -0.39 is 5.91 Å². The van der Waals surface area contributed by atoms with Gasteiger partial charge in [-0.25, -0.2) is 0 Å². The minimum Gasteiger partial charge on any atom is -0.366 e. The highest BCUT2D eigenvalue weighted by Crippen LogP contribution is 2.15. The first-order valence-corrected chi connectivity index (χ1v) is 5.85. The molecule has 0 aromatic heterocycles. The third-order valence-electron chi connectivity index (χ3n) is 2.72. The summed E-state index contributed by atoms with van der Waals surface area (Å²) < 4.78 is 0. The molecule has 0 spiro atoms. The van der Waals surface area contributed by atoms with Crippen molar-refractivity contribution in [3.8, 4) is 0 Å². The van der Waals surface area contributed by atoms with Crippen molar-refractivity contribution in [2.45, 2.75) is 6.42 Å². The molecule has 0 unspecified atom stereocenters. The van der Waals surface area contributed by atoms with Crippen LogP contribution in [-0.4, -0.2) is 5.91 Å². The van der Waals surface area contributed by atoms with Crippen LogP contribution in [0.4, 0.5) is 0 Å². The van der Waals surface area contributed by atoms with Gasteiger partial charge in [-0.15, -0.1) is 0 Å². The van der Waals surface area contributed by atoms with E-state index in [1.807, 2.05) is 36.4 Å². The van der Waals surface area contributed by atoms with E-state index in [2.05, 4.69) is 18.2 Å². The summed E-state index contributed by atoms with van der Waals surface area (Å²) in [5.74, 6) is -0.426. The van der Waals surface area contributed by atoms with Crippen molar-refractivity contribution in [2.75, 3.05) is 0 Å². The fourth-order valence-corrected chi connectivity index (χ4v) is 1.85. The quantitative estimate of drug-likeness (QED) is 0.816. The molecule has 2 N–H and O–H groups in total. The molecule has 2 rings (SSSR count). The van der Waals surface area contributed by atoms with Crippen LogP contribution < -0.4 is 5.73 Å². The molecule has 18 heavy (non-hydrogen) atoms. The lowest BCUT2D eigenvalue weighted by atomic mass is 9.99. The van der Waals surface area contributed by atoms with Gasteiger partial charge in [0.15, 0.2) is 0 Å². The number of primary amides is 1. The summed E-state index contributed by atoms with van der Waals surface area (Å²) in [6.45, 7) is 0. The maximum Gasteiger partial charge on any atom is 0.241 e. The minimum atomic E-state index is -0.426. The highest BCUT2D eigenvalue weighted by Gasteiger charge is 2.00. The lowest BCUT2D eigenvalue weighted by molar-refractivity contribution is -0.113. The first-order chi connectivity index (χ1) is 8.75. The molecule has 1 amide bonds. The molecule has 2 aromatic rings. The van der Waals surface area contributed by atoms with Crippen LogP contribution in [0.3, 0.4) is 0 Å². The van der Waals surface area contributed by atoms with Crippen LogP contribution in [0.2, 0.25) is 0 Å². The van der Waals surface area contributed by atoms with Crippen molar-refractivity contribution in [3.63, 3.8) is 0 Å². The van der Waals surface area contributed by atoms with Crippen LogP contribution in [0.1, 0.15) is 16.7 Å². The zero-order valence-corrected chi connectivity index (χ0v) is 10.0. The second kappa shape index (κ2) is 5.82. The Morgan fingerprint density at radius 1 is 1.00 bits per heavy atom. The molecule has 0 atom stereocenters. The molecule has 0 aliphatic rings. The smallest absolute Gasteiger partial charge is 0.241 e. The molecule has 0 radical (unpaired) electrons. The normalized spacial score (nSPS) is 10.7. The van der Waals surface area contributed by atoms with Crippen LogP contribution in [0.5, 0.6) is 0 Å². The number of carbonyl (C=O) groups excluding carboxylic acids is 1. The molecule has 90 valence electrons. The zero-order chi connectivity index (χ0) is 12.8. The molecular formula is C16H15NO. The third kappa shape index (κ3) is 3.32. The Kier molecular flexibility index (Phi) is 3.92. The van der Waals surface area contributed by atoms with Crippen LogP contribution in [-0.2, 0) is 11.2 Å². The Balaban J connectivity index is 2.25. The first-order valence-electron chi connectivity index (χ1n) is 5.85. The molecule has 0 saturated heterocycles. The number of rotatable bonds is 4. The van der Waals surface area contributed by atoms with Gasteiger partial charge in [-0.1, -0.05) is 54.6 Å². The number of hydrogen-bond acceptors (Lipinski definition) is 1. The largest absolute Gasteiger partial charge is 0.366 e. The second-order valence-corrected chi connectivity index (χ2v) is 4.10. The fraction of sp³-hybridized carbons (Fsp3) is 0.0625. The van der Waals surface area contributed by atoms with E-state index in [-0.39, 0.29) is 0 Å². The van der Waals surface area contributed by atoms with E-state index in [9.17, 15) is 4.79 Å². The number of nitrogens with two attached hydrogens (primary N) is 1. The van der Waals surface area contributed by atoms with Gasteiger partial charge < -0.3 is 5.73 Å². The summed E-state index contributed by atoms with van der Waals surface area (Å²) >= 11 is 0. The molecule has 0 fully saturated rings. The molecule has 0 bridgehead atoms. The predicted octanol–water partition coefficient (Wildman–Crippen LogP) is 2.78. The van der Waals surface area contributed by atoms with Crippen molar-refractivity contribution < 1.29 is 4.79 Å². The van der Waals surface area contributed by atoms with Gasteiger partial charge in [0, 0.05) is 6.08 Å². The van der Waals surface area contributed by atoms with Gasteiger partial charge >= 0.3 is 0 Å². The van der Waals surface area contributed by atoms with Crippen LogP contribution >= 0.6 is 0 Å². The maximum atomic E-state index is 10.8. The lowest BCUT2D eigenvalue weighted by Gasteiger charge is -2.05. The van der Waals surface area contributed by atoms with Gasteiger partial charge in [0.2, 0.25) is 5.91 Å². The summed E-state index contributed by atoms with van der Waals surface area (Å²) in [5.41, 5.74) is 8.57. The van der Waals surface area contributed by atoms with Gasteiger partial charge in [0.25, 0.3) is 0 Å². The zero-order valence-electron chi connectivity index (χ0n) is 10.0.